The van der Waals surface area contributed by atoms with Crippen LogP contribution in [0.1, 0.15) is 42.9 Å². The van der Waals surface area contributed by atoms with E-state index >= 15 is 0 Å². The molecule has 1 aliphatic rings. The first kappa shape index (κ1) is 13.6. The van der Waals surface area contributed by atoms with Gasteiger partial charge in [-0.15, -0.1) is 0 Å². The van der Waals surface area contributed by atoms with Crippen molar-refractivity contribution in [3.05, 3.63) is 41.5 Å². The second kappa shape index (κ2) is 5.95. The third-order valence-corrected chi connectivity index (χ3v) is 3.53. The maximum absolute atomic E-state index is 5.88. The van der Waals surface area contributed by atoms with Gasteiger partial charge < -0.3 is 11.1 Å². The Kier molecular flexibility index (Phi) is 3.85. The molecule has 0 spiro atoms. The van der Waals surface area contributed by atoms with Crippen LogP contribution in [0.5, 0.6) is 0 Å². The third kappa shape index (κ3) is 3.59. The molecule has 0 saturated heterocycles. The van der Waals surface area contributed by atoms with E-state index in [1.165, 1.54) is 18.4 Å². The van der Waals surface area contributed by atoms with Crippen LogP contribution in [-0.4, -0.2) is 21.1 Å². The Morgan fingerprint density at radius 1 is 1.38 bits per heavy atom. The normalized spacial score (nSPS) is 15.2. The minimum atomic E-state index is 0.378. The zero-order valence-electron chi connectivity index (χ0n) is 12.1. The Morgan fingerprint density at radius 3 is 2.81 bits per heavy atom. The van der Waals surface area contributed by atoms with E-state index in [2.05, 4.69) is 44.5 Å². The van der Waals surface area contributed by atoms with Gasteiger partial charge in [-0.1, -0.05) is 19.1 Å². The number of rotatable bonds is 5. The van der Waals surface area contributed by atoms with E-state index in [-0.39, 0.29) is 0 Å². The van der Waals surface area contributed by atoms with Gasteiger partial charge in [0.1, 0.15) is 12.4 Å². The zero-order chi connectivity index (χ0) is 14.7. The summed E-state index contributed by atoms with van der Waals surface area (Å²) >= 11 is 0. The monoisotopic (exact) mass is 284 g/mol. The molecule has 0 aliphatic heterocycles. The molecule has 0 radical (unpaired) electrons. The van der Waals surface area contributed by atoms with E-state index < -0.39 is 0 Å². The number of aromatic nitrogens is 3. The Labute approximate surface area is 123 Å². The predicted octanol–water partition coefficient (Wildman–Crippen LogP) is 2.17. The van der Waals surface area contributed by atoms with Gasteiger partial charge in [0.15, 0.2) is 11.8 Å². The zero-order valence-corrected chi connectivity index (χ0v) is 12.1. The Morgan fingerprint density at radius 2 is 2.14 bits per heavy atom. The molecule has 6 nitrogen and oxygen atoms in total. The van der Waals surface area contributed by atoms with Gasteiger partial charge in [-0.2, -0.15) is 5.10 Å². The van der Waals surface area contributed by atoms with Gasteiger partial charge in [-0.05, 0) is 37.0 Å². The van der Waals surface area contributed by atoms with E-state index in [1.807, 2.05) is 12.1 Å². The van der Waals surface area contributed by atoms with Crippen LogP contribution in [0.4, 0.5) is 5.69 Å². The minimum Gasteiger partial charge on any atom is -0.370 e. The van der Waals surface area contributed by atoms with Gasteiger partial charge in [0.05, 0.1) is 0 Å². The number of nitrogens with two attached hydrogens (primary N) is 1. The summed E-state index contributed by atoms with van der Waals surface area (Å²) in [5.74, 6) is 2.58. The second-order valence-electron chi connectivity index (χ2n) is 5.29. The van der Waals surface area contributed by atoms with Crippen LogP contribution >= 0.6 is 0 Å². The lowest BCUT2D eigenvalue weighted by Gasteiger charge is -2.05. The highest BCUT2D eigenvalue weighted by molar-refractivity contribution is 5.92. The molecule has 0 bridgehead atoms. The average molecular weight is 284 g/mol. The molecule has 110 valence electrons. The van der Waals surface area contributed by atoms with Crippen molar-refractivity contribution in [2.75, 3.05) is 5.32 Å². The molecule has 2 aromatic rings. The summed E-state index contributed by atoms with van der Waals surface area (Å²) in [4.78, 5) is 8.69. The summed E-state index contributed by atoms with van der Waals surface area (Å²) in [6.07, 6.45) is 3.41. The molecular weight excluding hydrogens is 264 g/mol. The molecule has 1 aromatic carbocycles. The van der Waals surface area contributed by atoms with Crippen LogP contribution in [0.15, 0.2) is 29.3 Å². The van der Waals surface area contributed by atoms with Gasteiger partial charge in [-0.3, -0.25) is 5.10 Å². The maximum Gasteiger partial charge on any atom is 0.193 e. The summed E-state index contributed by atoms with van der Waals surface area (Å²) < 4.78 is 0. The van der Waals surface area contributed by atoms with Crippen molar-refractivity contribution in [3.63, 3.8) is 0 Å². The molecule has 1 aliphatic carbocycles. The van der Waals surface area contributed by atoms with Gasteiger partial charge in [0.2, 0.25) is 0 Å². The molecule has 4 N–H and O–H groups in total. The van der Waals surface area contributed by atoms with Crippen molar-refractivity contribution in [1.82, 2.24) is 15.2 Å². The van der Waals surface area contributed by atoms with Crippen LogP contribution in [0, 0.1) is 0 Å². The van der Waals surface area contributed by atoms with Gasteiger partial charge in [-0.25, -0.2) is 9.98 Å². The van der Waals surface area contributed by atoms with Crippen LogP contribution < -0.4 is 11.1 Å². The first-order valence-corrected chi connectivity index (χ1v) is 7.31. The predicted molar refractivity (Wildman–Crippen MR) is 83.1 cm³/mol. The molecule has 1 fully saturated rings. The topological polar surface area (TPSA) is 92.0 Å². The molecule has 3 rings (SSSR count). The van der Waals surface area contributed by atoms with E-state index in [9.17, 15) is 0 Å². The number of hydrogen-bond donors (Lipinski definition) is 3. The summed E-state index contributed by atoms with van der Waals surface area (Å²) in [6.45, 7) is 2.54. The van der Waals surface area contributed by atoms with Crippen molar-refractivity contribution < 1.29 is 0 Å². The van der Waals surface area contributed by atoms with Crippen LogP contribution in [0.3, 0.4) is 0 Å². The fourth-order valence-corrected chi connectivity index (χ4v) is 2.08. The molecule has 0 unspecified atom stereocenters. The number of anilines is 1. The number of nitrogens with zero attached hydrogens (tertiary/aromatic N) is 3. The van der Waals surface area contributed by atoms with Crippen molar-refractivity contribution in [3.8, 4) is 0 Å². The molecule has 21 heavy (non-hydrogen) atoms. The van der Waals surface area contributed by atoms with Crippen molar-refractivity contribution in [2.45, 2.75) is 38.6 Å². The number of aliphatic imine (C=N–C) groups is 1. The minimum absolute atomic E-state index is 0.378. The Hall–Kier alpha value is -2.37. The number of hydrogen-bond acceptors (Lipinski definition) is 3. The summed E-state index contributed by atoms with van der Waals surface area (Å²) in [7, 11) is 0. The largest absolute Gasteiger partial charge is 0.370 e. The SMILES string of the molecule is CCc1ccc(NC(N)=NCc2nc(C3CC3)n[nH]2)cc1. The van der Waals surface area contributed by atoms with E-state index in [0.717, 1.165) is 23.8 Å². The third-order valence-electron chi connectivity index (χ3n) is 3.53. The fraction of sp³-hybridized carbons (Fsp3) is 0.400. The van der Waals surface area contributed by atoms with Gasteiger partial charge >= 0.3 is 0 Å². The number of aromatic amines is 1. The van der Waals surface area contributed by atoms with Crippen molar-refractivity contribution >= 4 is 11.6 Å². The highest BCUT2D eigenvalue weighted by atomic mass is 15.2. The van der Waals surface area contributed by atoms with E-state index in [4.69, 9.17) is 5.73 Å². The number of benzene rings is 1. The lowest BCUT2D eigenvalue weighted by molar-refractivity contribution is 0.913. The molecule has 0 atom stereocenters. The first-order chi connectivity index (χ1) is 10.2. The summed E-state index contributed by atoms with van der Waals surface area (Å²) in [6, 6.07) is 8.16. The fourth-order valence-electron chi connectivity index (χ4n) is 2.08. The highest BCUT2D eigenvalue weighted by Crippen LogP contribution is 2.37. The van der Waals surface area contributed by atoms with Gasteiger partial charge in [0.25, 0.3) is 0 Å². The highest BCUT2D eigenvalue weighted by Gasteiger charge is 2.27. The Bertz CT molecular complexity index is 624. The average Bonchev–Trinajstić information content (AvgIpc) is 3.25. The standard InChI is InChI=1S/C15H20N6/c1-2-10-3-7-12(8-4-10)18-15(16)17-9-13-19-14(21-20-13)11-5-6-11/h3-4,7-8,11H,2,5-6,9H2,1H3,(H3,16,17,18)(H,19,20,21). The van der Waals surface area contributed by atoms with Crippen LogP contribution in [-0.2, 0) is 13.0 Å². The molecule has 1 heterocycles. The molecule has 0 amide bonds. The first-order valence-electron chi connectivity index (χ1n) is 7.31. The number of nitrogens with one attached hydrogen (secondary N) is 2. The number of guanidine groups is 1. The Balaban J connectivity index is 1.56. The smallest absolute Gasteiger partial charge is 0.193 e. The maximum atomic E-state index is 5.88. The van der Waals surface area contributed by atoms with Crippen LogP contribution in [0.25, 0.3) is 0 Å². The molecule has 1 saturated carbocycles. The second-order valence-corrected chi connectivity index (χ2v) is 5.29. The summed E-state index contributed by atoms with van der Waals surface area (Å²) in [5.41, 5.74) is 8.11. The van der Waals surface area contributed by atoms with Gasteiger partial charge in [0, 0.05) is 11.6 Å². The van der Waals surface area contributed by atoms with Crippen LogP contribution in [0.2, 0.25) is 0 Å². The lowest BCUT2D eigenvalue weighted by atomic mass is 10.1. The number of aryl methyl sites for hydroxylation is 1. The van der Waals surface area contributed by atoms with E-state index in [0.29, 0.717) is 18.4 Å². The van der Waals surface area contributed by atoms with Crippen molar-refractivity contribution in [1.29, 1.82) is 0 Å². The lowest BCUT2D eigenvalue weighted by Crippen LogP contribution is -2.22. The molecule has 1 aromatic heterocycles. The number of H-pyrrole nitrogens is 1. The molecular formula is C15H20N6. The van der Waals surface area contributed by atoms with Crippen molar-refractivity contribution in [2.24, 2.45) is 10.7 Å². The van der Waals surface area contributed by atoms with E-state index in [1.54, 1.807) is 0 Å². The quantitative estimate of drug-likeness (QED) is 0.579. The summed E-state index contributed by atoms with van der Waals surface area (Å²) in [5, 5.41) is 10.2. The molecule has 6 heteroatoms.